The van der Waals surface area contributed by atoms with Crippen LogP contribution in [-0.2, 0) is 22.9 Å². The summed E-state index contributed by atoms with van der Waals surface area (Å²) in [5.41, 5.74) is 3.09. The third-order valence-electron chi connectivity index (χ3n) is 6.68. The van der Waals surface area contributed by atoms with E-state index in [0.29, 0.717) is 43.2 Å². The van der Waals surface area contributed by atoms with Gasteiger partial charge in [-0.2, -0.15) is 0 Å². The fourth-order valence-corrected chi connectivity index (χ4v) is 6.00. The Hall–Kier alpha value is -2.65. The van der Waals surface area contributed by atoms with E-state index in [1.54, 1.807) is 24.4 Å². The lowest BCUT2D eigenvalue weighted by Crippen LogP contribution is -2.44. The summed E-state index contributed by atoms with van der Waals surface area (Å²) in [6.45, 7) is 8.40. The summed E-state index contributed by atoms with van der Waals surface area (Å²) >= 11 is 0. The quantitative estimate of drug-likeness (QED) is 0.549. The second-order valence-electron chi connectivity index (χ2n) is 9.37. The monoisotopic (exact) mass is 499 g/mol. The summed E-state index contributed by atoms with van der Waals surface area (Å²) in [4.78, 5) is 22.0. The maximum Gasteiger partial charge on any atom is 0.262 e. The number of carbonyl (C=O) groups is 1. The Labute approximate surface area is 209 Å². The minimum absolute atomic E-state index is 0.123. The van der Waals surface area contributed by atoms with Crippen LogP contribution in [0.1, 0.15) is 61.0 Å². The van der Waals surface area contributed by atoms with Crippen molar-refractivity contribution in [3.8, 4) is 0 Å². The van der Waals surface area contributed by atoms with Gasteiger partial charge >= 0.3 is 0 Å². The highest BCUT2D eigenvalue weighted by molar-refractivity contribution is 7.92. The number of anilines is 2. The average Bonchev–Trinajstić information content (AvgIpc) is 2.88. The number of nitrogens with one attached hydrogen (secondary N) is 2. The minimum Gasteiger partial charge on any atom is -0.352 e. The van der Waals surface area contributed by atoms with Gasteiger partial charge in [0.1, 0.15) is 0 Å². The standard InChI is InChI=1S/C26H37N5O3S/c1-3-13-31(14-4-2)26(32)22-18-24(25(28-19-22)30-15-11-27-12-16-30)29-35(33,34)23-10-9-20-7-5-6-8-21(20)17-23/h9-10,17-19,27,29H,3-8,11-16H2,1-2H3. The molecule has 0 radical (unpaired) electrons. The molecule has 0 bridgehead atoms. The number of hydrogen-bond donors (Lipinski definition) is 2. The lowest BCUT2D eigenvalue weighted by atomic mass is 9.92. The van der Waals surface area contributed by atoms with Crippen LogP contribution < -0.4 is 14.9 Å². The Balaban J connectivity index is 1.68. The van der Waals surface area contributed by atoms with Crippen LogP contribution in [0.5, 0.6) is 0 Å². The molecule has 35 heavy (non-hydrogen) atoms. The van der Waals surface area contributed by atoms with Crippen LogP contribution in [0.3, 0.4) is 0 Å². The fraction of sp³-hybridized carbons (Fsp3) is 0.538. The Bertz CT molecular complexity index is 1140. The van der Waals surface area contributed by atoms with Gasteiger partial charge < -0.3 is 15.1 Å². The molecule has 1 aromatic heterocycles. The third-order valence-corrected chi connectivity index (χ3v) is 8.04. The number of rotatable bonds is 9. The van der Waals surface area contributed by atoms with Crippen molar-refractivity contribution in [1.29, 1.82) is 0 Å². The van der Waals surface area contributed by atoms with E-state index in [0.717, 1.165) is 57.2 Å². The maximum atomic E-state index is 13.5. The van der Waals surface area contributed by atoms with Crippen LogP contribution in [-0.4, -0.2) is 63.5 Å². The van der Waals surface area contributed by atoms with Gasteiger partial charge in [0.05, 0.1) is 16.1 Å². The van der Waals surface area contributed by atoms with E-state index in [9.17, 15) is 13.2 Å². The Morgan fingerprint density at radius 1 is 1.06 bits per heavy atom. The lowest BCUT2D eigenvalue weighted by Gasteiger charge is -2.30. The van der Waals surface area contributed by atoms with Crippen molar-refractivity contribution >= 4 is 27.4 Å². The number of sulfonamides is 1. The summed E-state index contributed by atoms with van der Waals surface area (Å²) < 4.78 is 29.7. The normalized spacial score (nSPS) is 16.0. The highest BCUT2D eigenvalue weighted by Crippen LogP contribution is 2.30. The van der Waals surface area contributed by atoms with Gasteiger partial charge in [-0.3, -0.25) is 9.52 Å². The lowest BCUT2D eigenvalue weighted by molar-refractivity contribution is 0.0755. The molecule has 1 amide bonds. The Morgan fingerprint density at radius 2 is 1.74 bits per heavy atom. The van der Waals surface area contributed by atoms with Crippen LogP contribution in [0.25, 0.3) is 0 Å². The maximum absolute atomic E-state index is 13.5. The first-order valence-electron chi connectivity index (χ1n) is 12.8. The molecule has 1 saturated heterocycles. The highest BCUT2D eigenvalue weighted by atomic mass is 32.2. The van der Waals surface area contributed by atoms with Crippen molar-refractivity contribution in [3.63, 3.8) is 0 Å². The summed E-state index contributed by atoms with van der Waals surface area (Å²) in [6, 6.07) is 7.07. The molecule has 2 N–H and O–H groups in total. The Kier molecular flexibility index (Phi) is 8.28. The van der Waals surface area contributed by atoms with Gasteiger partial charge in [0, 0.05) is 45.5 Å². The number of piperazine rings is 1. The third kappa shape index (κ3) is 5.95. The number of amides is 1. The zero-order valence-corrected chi connectivity index (χ0v) is 21.7. The number of aryl methyl sites for hydroxylation is 2. The van der Waals surface area contributed by atoms with Crippen molar-refractivity contribution in [2.75, 3.05) is 48.9 Å². The summed E-state index contributed by atoms with van der Waals surface area (Å²) in [5, 5.41) is 3.31. The van der Waals surface area contributed by atoms with Gasteiger partial charge in [0.15, 0.2) is 5.82 Å². The number of carbonyl (C=O) groups excluding carboxylic acids is 1. The van der Waals surface area contributed by atoms with Crippen LogP contribution in [0.2, 0.25) is 0 Å². The number of hydrogen-bond acceptors (Lipinski definition) is 6. The molecule has 2 aliphatic rings. The molecular weight excluding hydrogens is 462 g/mol. The second-order valence-corrected chi connectivity index (χ2v) is 11.0. The van der Waals surface area contributed by atoms with Crippen molar-refractivity contribution in [2.45, 2.75) is 57.3 Å². The number of benzene rings is 1. The van der Waals surface area contributed by atoms with E-state index in [1.165, 1.54) is 5.56 Å². The topological polar surface area (TPSA) is 94.6 Å². The first-order chi connectivity index (χ1) is 16.9. The zero-order chi connectivity index (χ0) is 24.8. The SMILES string of the molecule is CCCN(CCC)C(=O)c1cnc(N2CCNCC2)c(NS(=O)(=O)c2ccc3c(c2)CCCC3)c1. The average molecular weight is 500 g/mol. The highest BCUT2D eigenvalue weighted by Gasteiger charge is 2.24. The van der Waals surface area contributed by atoms with Crippen LogP contribution in [0.4, 0.5) is 11.5 Å². The molecule has 0 atom stereocenters. The first kappa shape index (κ1) is 25.4. The predicted octanol–water partition coefficient (Wildman–Crippen LogP) is 3.43. The molecule has 0 spiro atoms. The molecule has 1 aliphatic carbocycles. The van der Waals surface area contributed by atoms with E-state index in [-0.39, 0.29) is 10.8 Å². The van der Waals surface area contributed by atoms with Gasteiger partial charge in [-0.05, 0) is 67.9 Å². The number of fused-ring (bicyclic) bond motifs is 1. The van der Waals surface area contributed by atoms with Gasteiger partial charge in [0.25, 0.3) is 15.9 Å². The molecule has 0 saturated carbocycles. The molecular formula is C26H37N5O3S. The number of nitrogens with zero attached hydrogens (tertiary/aromatic N) is 3. The Morgan fingerprint density at radius 3 is 2.43 bits per heavy atom. The van der Waals surface area contributed by atoms with Crippen molar-refractivity contribution in [3.05, 3.63) is 47.2 Å². The van der Waals surface area contributed by atoms with E-state index in [1.807, 2.05) is 24.8 Å². The van der Waals surface area contributed by atoms with E-state index in [4.69, 9.17) is 0 Å². The van der Waals surface area contributed by atoms with Gasteiger partial charge in [-0.15, -0.1) is 0 Å². The number of pyridine rings is 1. The molecule has 2 heterocycles. The van der Waals surface area contributed by atoms with Crippen molar-refractivity contribution in [1.82, 2.24) is 15.2 Å². The fourth-order valence-electron chi connectivity index (χ4n) is 4.90. The zero-order valence-electron chi connectivity index (χ0n) is 20.8. The molecule has 9 heteroatoms. The largest absolute Gasteiger partial charge is 0.352 e. The molecule has 4 rings (SSSR count). The molecule has 190 valence electrons. The summed E-state index contributed by atoms with van der Waals surface area (Å²) in [7, 11) is -3.85. The molecule has 1 aromatic carbocycles. The van der Waals surface area contributed by atoms with Crippen molar-refractivity contribution in [2.24, 2.45) is 0 Å². The molecule has 8 nitrogen and oxygen atoms in total. The minimum atomic E-state index is -3.85. The van der Waals surface area contributed by atoms with Gasteiger partial charge in [-0.25, -0.2) is 13.4 Å². The van der Waals surface area contributed by atoms with Gasteiger partial charge in [0.2, 0.25) is 0 Å². The van der Waals surface area contributed by atoms with E-state index >= 15 is 0 Å². The van der Waals surface area contributed by atoms with Crippen LogP contribution in [0, 0.1) is 0 Å². The molecule has 2 aromatic rings. The van der Waals surface area contributed by atoms with Crippen molar-refractivity contribution < 1.29 is 13.2 Å². The van der Waals surface area contributed by atoms with E-state index < -0.39 is 10.0 Å². The number of aromatic nitrogens is 1. The first-order valence-corrected chi connectivity index (χ1v) is 14.3. The summed E-state index contributed by atoms with van der Waals surface area (Å²) in [5.74, 6) is 0.435. The predicted molar refractivity (Wildman–Crippen MR) is 140 cm³/mol. The smallest absolute Gasteiger partial charge is 0.262 e. The van der Waals surface area contributed by atoms with Crippen LogP contribution in [0.15, 0.2) is 35.4 Å². The van der Waals surface area contributed by atoms with Gasteiger partial charge in [-0.1, -0.05) is 19.9 Å². The van der Waals surface area contributed by atoms with E-state index in [2.05, 4.69) is 19.9 Å². The second kappa shape index (κ2) is 11.4. The molecule has 1 fully saturated rings. The molecule has 1 aliphatic heterocycles. The summed E-state index contributed by atoms with van der Waals surface area (Å²) in [6.07, 6.45) is 7.42. The molecule has 0 unspecified atom stereocenters. The van der Waals surface area contributed by atoms with Crippen LogP contribution >= 0.6 is 0 Å².